The van der Waals surface area contributed by atoms with E-state index < -0.39 is 29.6 Å². The van der Waals surface area contributed by atoms with Gasteiger partial charge in [-0.25, -0.2) is 4.39 Å². The predicted octanol–water partition coefficient (Wildman–Crippen LogP) is 6.07. The van der Waals surface area contributed by atoms with Crippen molar-refractivity contribution < 1.29 is 38.6 Å². The zero-order valence-corrected chi connectivity index (χ0v) is 26.6. The number of unbranched alkanes of at least 4 members (excludes halogenated alkanes) is 7. The maximum Gasteiger partial charge on any atom is 0.303 e. The zero-order valence-electron chi connectivity index (χ0n) is 24.9. The number of amides is 3. The number of anilines is 2. The molecule has 0 saturated carbocycles. The van der Waals surface area contributed by atoms with E-state index in [0.29, 0.717) is 34.2 Å². The molecule has 1 fully saturated rings. The molecule has 45 heavy (non-hydrogen) atoms. The second-order valence-electron chi connectivity index (χ2n) is 10.5. The van der Waals surface area contributed by atoms with Crippen LogP contribution >= 0.6 is 24.0 Å². The Bertz CT molecular complexity index is 1460. The molecule has 3 N–H and O–H groups in total. The van der Waals surface area contributed by atoms with Crippen molar-refractivity contribution in [3.8, 4) is 0 Å². The molecule has 3 amide bonds. The highest BCUT2D eigenvalue weighted by atomic mass is 32.2. The summed E-state index contributed by atoms with van der Waals surface area (Å²) in [6.07, 6.45) is 7.76. The summed E-state index contributed by atoms with van der Waals surface area (Å²) >= 11 is 6.62. The van der Waals surface area contributed by atoms with E-state index in [2.05, 4.69) is 5.32 Å². The average Bonchev–Trinajstić information content (AvgIpc) is 3.41. The summed E-state index contributed by atoms with van der Waals surface area (Å²) in [7, 11) is 0. The van der Waals surface area contributed by atoms with Gasteiger partial charge in [-0.3, -0.25) is 33.8 Å². The van der Waals surface area contributed by atoms with Gasteiger partial charge in [0.2, 0.25) is 5.91 Å². The number of carboxylic acid groups (broad SMARTS) is 2. The molecule has 0 unspecified atom stereocenters. The van der Waals surface area contributed by atoms with Crippen molar-refractivity contribution in [1.82, 2.24) is 4.90 Å². The summed E-state index contributed by atoms with van der Waals surface area (Å²) in [5.74, 6) is -3.19. The maximum atomic E-state index is 13.6. The van der Waals surface area contributed by atoms with Crippen LogP contribution in [-0.2, 0) is 24.0 Å². The van der Waals surface area contributed by atoms with Crippen molar-refractivity contribution in [2.45, 2.75) is 64.7 Å². The van der Waals surface area contributed by atoms with Crippen molar-refractivity contribution in [3.05, 3.63) is 64.8 Å². The summed E-state index contributed by atoms with van der Waals surface area (Å²) in [5, 5.41) is 18.8. The molecule has 240 valence electrons. The molecular weight excluding hydrogens is 621 g/mol. The van der Waals surface area contributed by atoms with Crippen molar-refractivity contribution in [2.75, 3.05) is 23.3 Å². The van der Waals surface area contributed by atoms with Crippen LogP contribution in [0.4, 0.5) is 15.8 Å². The van der Waals surface area contributed by atoms with E-state index in [-0.39, 0.29) is 29.4 Å². The molecule has 2 aromatic rings. The molecule has 0 spiro atoms. The summed E-state index contributed by atoms with van der Waals surface area (Å²) in [6, 6.07) is 12.4. The monoisotopic (exact) mass is 657 g/mol. The van der Waals surface area contributed by atoms with E-state index in [4.69, 9.17) is 27.2 Å². The highest BCUT2D eigenvalue weighted by Gasteiger charge is 2.42. The Labute approximate surface area is 270 Å². The number of nitrogens with zero attached hydrogens (tertiary/aromatic N) is 2. The van der Waals surface area contributed by atoms with Crippen molar-refractivity contribution in [2.24, 2.45) is 0 Å². The standard InChI is InChI=1S/C30H32FN3O5S2.C2H4O2/c31-20-14-16-21(17-15-20)32-24(35)19-34-23-12-9-8-11-22(23)26(28(34)38)27-29(39)33(30(40)41-27)18-10-6-4-2-1-3-5-7-13-25(36)37;1-2(3)4/h8-9,11-12,14-17H,1-7,10,13,18-19H2,(H,32,35)(H,36,37);1H3,(H,3,4)/b27-26+;. The molecule has 0 bridgehead atoms. The smallest absolute Gasteiger partial charge is 0.303 e. The van der Waals surface area contributed by atoms with Gasteiger partial charge in [0.05, 0.1) is 16.2 Å². The van der Waals surface area contributed by atoms with Gasteiger partial charge in [-0.15, -0.1) is 0 Å². The van der Waals surface area contributed by atoms with Crippen LogP contribution in [0.3, 0.4) is 0 Å². The number of fused-ring (bicyclic) bond motifs is 1. The van der Waals surface area contributed by atoms with Crippen LogP contribution in [-0.4, -0.2) is 62.2 Å². The van der Waals surface area contributed by atoms with Gasteiger partial charge in [0.25, 0.3) is 17.8 Å². The van der Waals surface area contributed by atoms with Crippen LogP contribution in [0, 0.1) is 5.82 Å². The predicted molar refractivity (Wildman–Crippen MR) is 175 cm³/mol. The first-order valence-corrected chi connectivity index (χ1v) is 15.9. The lowest BCUT2D eigenvalue weighted by atomic mass is 10.1. The number of aliphatic carboxylic acids is 2. The zero-order chi connectivity index (χ0) is 32.9. The normalized spacial score (nSPS) is 15.6. The number of benzene rings is 2. The van der Waals surface area contributed by atoms with Crippen LogP contribution < -0.4 is 10.2 Å². The van der Waals surface area contributed by atoms with Crippen molar-refractivity contribution >= 4 is 74.9 Å². The lowest BCUT2D eigenvalue weighted by molar-refractivity contribution is -0.137. The summed E-state index contributed by atoms with van der Waals surface area (Å²) in [5.41, 5.74) is 1.78. The van der Waals surface area contributed by atoms with Gasteiger partial charge in [0, 0.05) is 31.1 Å². The largest absolute Gasteiger partial charge is 0.481 e. The molecule has 4 rings (SSSR count). The third kappa shape index (κ3) is 10.5. The number of para-hydroxylation sites is 1. The Morgan fingerprint density at radius 1 is 0.844 bits per heavy atom. The van der Waals surface area contributed by atoms with E-state index in [1.807, 2.05) is 0 Å². The molecule has 2 heterocycles. The minimum Gasteiger partial charge on any atom is -0.481 e. The quantitative estimate of drug-likeness (QED) is 0.125. The molecule has 2 aromatic carbocycles. The van der Waals surface area contributed by atoms with Gasteiger partial charge in [-0.1, -0.05) is 80.7 Å². The number of rotatable bonds is 14. The van der Waals surface area contributed by atoms with Crippen molar-refractivity contribution in [3.63, 3.8) is 0 Å². The number of halogens is 1. The first-order chi connectivity index (χ1) is 21.5. The minimum absolute atomic E-state index is 0.224. The highest BCUT2D eigenvalue weighted by Crippen LogP contribution is 2.44. The van der Waals surface area contributed by atoms with Crippen molar-refractivity contribution in [1.29, 1.82) is 0 Å². The topological polar surface area (TPSA) is 144 Å². The Morgan fingerprint density at radius 2 is 1.42 bits per heavy atom. The first-order valence-electron chi connectivity index (χ1n) is 14.7. The number of carbonyl (C=O) groups excluding carboxylic acids is 3. The summed E-state index contributed by atoms with van der Waals surface area (Å²) in [4.78, 5) is 62.5. The molecule has 2 aliphatic heterocycles. The molecule has 2 aliphatic rings. The molecular formula is C32H36FN3O7S2. The SMILES string of the molecule is CC(=O)O.O=C(O)CCCCCCCCCCN1C(=O)/C(=C2\C(=O)N(CC(=O)Nc3ccc(F)cc3)c3ccccc32)SC1=S. The number of hydrogen-bond acceptors (Lipinski definition) is 7. The average molecular weight is 658 g/mol. The Morgan fingerprint density at radius 3 is 2.04 bits per heavy atom. The van der Waals surface area contributed by atoms with Crippen LogP contribution in [0.2, 0.25) is 0 Å². The number of thioether (sulfide) groups is 1. The van der Waals surface area contributed by atoms with E-state index in [9.17, 15) is 23.6 Å². The fourth-order valence-electron chi connectivity index (χ4n) is 4.88. The van der Waals surface area contributed by atoms with E-state index in [1.54, 1.807) is 29.2 Å². The summed E-state index contributed by atoms with van der Waals surface area (Å²) < 4.78 is 13.6. The molecule has 13 heteroatoms. The highest BCUT2D eigenvalue weighted by molar-refractivity contribution is 8.26. The second kappa shape index (κ2) is 17.4. The van der Waals surface area contributed by atoms with E-state index in [0.717, 1.165) is 63.6 Å². The lowest BCUT2D eigenvalue weighted by Crippen LogP contribution is -2.35. The fourth-order valence-corrected chi connectivity index (χ4v) is 6.26. The van der Waals surface area contributed by atoms with E-state index >= 15 is 0 Å². The fraction of sp³-hybridized carbons (Fsp3) is 0.375. The maximum absolute atomic E-state index is 13.6. The van der Waals surface area contributed by atoms with Gasteiger partial charge < -0.3 is 15.5 Å². The first kappa shape index (κ1) is 35.4. The molecule has 0 aromatic heterocycles. The number of nitrogens with one attached hydrogen (secondary N) is 1. The van der Waals surface area contributed by atoms with Gasteiger partial charge in [-0.2, -0.15) is 0 Å². The van der Waals surface area contributed by atoms with Gasteiger partial charge in [-0.05, 0) is 43.2 Å². The van der Waals surface area contributed by atoms with Gasteiger partial charge in [0.15, 0.2) is 0 Å². The Hall–Kier alpha value is -4.10. The second-order valence-corrected chi connectivity index (χ2v) is 12.1. The van der Waals surface area contributed by atoms with Crippen LogP contribution in [0.15, 0.2) is 53.4 Å². The molecule has 0 atom stereocenters. The number of carboxylic acids is 2. The molecule has 0 aliphatic carbocycles. The molecule has 1 saturated heterocycles. The number of hydrogen-bond donors (Lipinski definition) is 3. The third-order valence-corrected chi connectivity index (χ3v) is 8.40. The lowest BCUT2D eigenvalue weighted by Gasteiger charge is -2.17. The van der Waals surface area contributed by atoms with Crippen LogP contribution in [0.5, 0.6) is 0 Å². The number of carbonyl (C=O) groups is 5. The van der Waals surface area contributed by atoms with E-state index in [1.165, 1.54) is 29.2 Å². The number of thiocarbonyl (C=S) groups is 1. The summed E-state index contributed by atoms with van der Waals surface area (Å²) in [6.45, 7) is 1.29. The van der Waals surface area contributed by atoms with Crippen LogP contribution in [0.25, 0.3) is 5.57 Å². The van der Waals surface area contributed by atoms with Gasteiger partial charge >= 0.3 is 5.97 Å². The van der Waals surface area contributed by atoms with Crippen LogP contribution in [0.1, 0.15) is 70.3 Å². The molecule has 0 radical (unpaired) electrons. The minimum atomic E-state index is -0.833. The Balaban J connectivity index is 0.00000130. The van der Waals surface area contributed by atoms with Gasteiger partial charge in [0.1, 0.15) is 16.7 Å². The third-order valence-electron chi connectivity index (χ3n) is 6.95. The Kier molecular flexibility index (Phi) is 13.7. The molecule has 10 nitrogen and oxygen atoms in total.